The highest BCUT2D eigenvalue weighted by Crippen LogP contribution is 2.53. The van der Waals surface area contributed by atoms with Crippen molar-refractivity contribution in [2.24, 2.45) is 0 Å². The summed E-state index contributed by atoms with van der Waals surface area (Å²) in [6.45, 7) is 4.68. The third kappa shape index (κ3) is 3.73. The van der Waals surface area contributed by atoms with E-state index in [-0.39, 0.29) is 5.41 Å². The van der Waals surface area contributed by atoms with Crippen molar-refractivity contribution in [2.75, 3.05) is 0 Å². The van der Waals surface area contributed by atoms with Crippen LogP contribution in [0, 0.1) is 0 Å². The van der Waals surface area contributed by atoms with Crippen LogP contribution in [0.1, 0.15) is 41.7 Å². The maximum Gasteiger partial charge on any atom is 0.140 e. The second kappa shape index (κ2) is 9.49. The molecule has 1 aromatic heterocycles. The van der Waals surface area contributed by atoms with E-state index in [1.54, 1.807) is 0 Å². The Morgan fingerprint density at radius 2 is 1.19 bits per heavy atom. The van der Waals surface area contributed by atoms with E-state index in [0.717, 1.165) is 38.9 Å². The van der Waals surface area contributed by atoms with Crippen LogP contribution < -0.4 is 0 Å². The van der Waals surface area contributed by atoms with Crippen LogP contribution in [0.5, 0.6) is 0 Å². The van der Waals surface area contributed by atoms with Crippen LogP contribution in [0.4, 0.5) is 0 Å². The molecule has 2 nitrogen and oxygen atoms in total. The average Bonchev–Trinajstić information content (AvgIpc) is 3.31. The average molecular weight is 554 g/mol. The third-order valence-electron chi connectivity index (χ3n) is 9.32. The normalized spacial score (nSPS) is 13.7. The van der Waals surface area contributed by atoms with Crippen LogP contribution in [0.15, 0.2) is 146 Å². The van der Waals surface area contributed by atoms with Crippen LogP contribution in [-0.4, -0.2) is 10.1 Å². The molecule has 1 aliphatic carbocycles. The molecule has 1 heterocycles. The van der Waals surface area contributed by atoms with Crippen LogP contribution in [0.3, 0.4) is 0 Å². The van der Waals surface area contributed by atoms with Gasteiger partial charge in [0.25, 0.3) is 0 Å². The first-order valence-corrected chi connectivity index (χ1v) is 14.9. The first kappa shape index (κ1) is 25.6. The summed E-state index contributed by atoms with van der Waals surface area (Å²) in [6, 6.07) is 49.9. The molecular formula is C41H31NO. The van der Waals surface area contributed by atoms with E-state index in [4.69, 9.17) is 4.98 Å². The molecular weight excluding hydrogens is 522 g/mol. The van der Waals surface area contributed by atoms with Gasteiger partial charge in [-0.2, -0.15) is 0 Å². The first-order chi connectivity index (χ1) is 21.0. The number of hydrogen-bond donors (Lipinski definition) is 1. The van der Waals surface area contributed by atoms with Gasteiger partial charge in [-0.25, -0.2) is 4.98 Å². The molecule has 43 heavy (non-hydrogen) atoms. The van der Waals surface area contributed by atoms with Crippen LogP contribution in [-0.2, 0) is 11.0 Å². The fourth-order valence-corrected chi connectivity index (χ4v) is 7.28. The van der Waals surface area contributed by atoms with Crippen molar-refractivity contribution < 1.29 is 5.11 Å². The van der Waals surface area contributed by atoms with E-state index < -0.39 is 5.60 Å². The molecule has 0 saturated carbocycles. The summed E-state index contributed by atoms with van der Waals surface area (Å²) in [5.74, 6) is 0. The standard InChI is InChI=1S/C41H31NO/c1-40(2)35-22-11-9-20-31(35)32-24-25-34-37(38(32)40)33-21-10-12-23-36(33)42-39(34)27-14-13-19-30(26-27)41(43,28-15-5-3-6-16-28)29-17-7-4-8-18-29/h3-26,43H,1-2H3. The van der Waals surface area contributed by atoms with Gasteiger partial charge in [0, 0.05) is 21.8 Å². The molecule has 0 radical (unpaired) electrons. The van der Waals surface area contributed by atoms with Gasteiger partial charge in [-0.05, 0) is 56.5 Å². The number of benzene rings is 6. The van der Waals surface area contributed by atoms with E-state index in [2.05, 4.69) is 86.6 Å². The minimum Gasteiger partial charge on any atom is -0.376 e. The largest absolute Gasteiger partial charge is 0.376 e. The summed E-state index contributed by atoms with van der Waals surface area (Å²) in [4.78, 5) is 5.28. The lowest BCUT2D eigenvalue weighted by Gasteiger charge is -2.30. The van der Waals surface area contributed by atoms with E-state index in [9.17, 15) is 5.11 Å². The summed E-state index contributed by atoms with van der Waals surface area (Å²) in [5, 5.41) is 16.1. The summed E-state index contributed by atoms with van der Waals surface area (Å²) in [6.07, 6.45) is 0. The summed E-state index contributed by atoms with van der Waals surface area (Å²) in [5.41, 5.74) is 9.17. The van der Waals surface area contributed by atoms with Gasteiger partial charge in [0.2, 0.25) is 0 Å². The van der Waals surface area contributed by atoms with Crippen molar-refractivity contribution in [3.8, 4) is 22.4 Å². The highest BCUT2D eigenvalue weighted by atomic mass is 16.3. The lowest BCUT2D eigenvalue weighted by molar-refractivity contribution is 0.126. The molecule has 0 bridgehead atoms. The zero-order chi connectivity index (χ0) is 29.2. The fraction of sp³-hybridized carbons (Fsp3) is 0.0976. The van der Waals surface area contributed by atoms with Gasteiger partial charge in [0.05, 0.1) is 11.2 Å². The minimum absolute atomic E-state index is 0.157. The molecule has 8 rings (SSSR count). The zero-order valence-corrected chi connectivity index (χ0v) is 24.3. The molecule has 0 aliphatic heterocycles. The van der Waals surface area contributed by atoms with E-state index >= 15 is 0 Å². The van der Waals surface area contributed by atoms with Crippen molar-refractivity contribution >= 4 is 21.7 Å². The maximum atomic E-state index is 12.6. The highest BCUT2D eigenvalue weighted by molar-refractivity contribution is 6.15. The topological polar surface area (TPSA) is 33.1 Å². The van der Waals surface area contributed by atoms with Crippen LogP contribution >= 0.6 is 0 Å². The molecule has 2 heteroatoms. The number of aliphatic hydroxyl groups is 1. The van der Waals surface area contributed by atoms with Crippen LogP contribution in [0.25, 0.3) is 44.1 Å². The SMILES string of the molecule is CC1(C)c2ccccc2-c2ccc3c(-c4cccc(C(O)(c5ccccc5)c5ccccc5)c4)nc4ccccc4c3c21. The summed E-state index contributed by atoms with van der Waals surface area (Å²) in [7, 11) is 0. The molecule has 0 atom stereocenters. The smallest absolute Gasteiger partial charge is 0.140 e. The first-order valence-electron chi connectivity index (χ1n) is 14.9. The van der Waals surface area contributed by atoms with Crippen molar-refractivity contribution in [1.29, 1.82) is 0 Å². The Morgan fingerprint density at radius 1 is 0.558 bits per heavy atom. The molecule has 0 unspecified atom stereocenters. The van der Waals surface area contributed by atoms with Crippen molar-refractivity contribution in [2.45, 2.75) is 24.9 Å². The Bertz CT molecular complexity index is 2120. The van der Waals surface area contributed by atoms with Gasteiger partial charge in [0.1, 0.15) is 5.60 Å². The minimum atomic E-state index is -1.32. The van der Waals surface area contributed by atoms with Gasteiger partial charge in [0.15, 0.2) is 0 Å². The molecule has 1 aliphatic rings. The second-order valence-electron chi connectivity index (χ2n) is 12.1. The zero-order valence-electron chi connectivity index (χ0n) is 24.3. The number of nitrogens with zero attached hydrogens (tertiary/aromatic N) is 1. The van der Waals surface area contributed by atoms with E-state index in [1.165, 1.54) is 33.0 Å². The Morgan fingerprint density at radius 3 is 1.93 bits per heavy atom. The Balaban J connectivity index is 1.41. The fourth-order valence-electron chi connectivity index (χ4n) is 7.28. The predicted molar refractivity (Wildman–Crippen MR) is 177 cm³/mol. The summed E-state index contributed by atoms with van der Waals surface area (Å²) >= 11 is 0. The number of aromatic nitrogens is 1. The van der Waals surface area contributed by atoms with Crippen molar-refractivity contribution in [3.05, 3.63) is 173 Å². The number of hydrogen-bond acceptors (Lipinski definition) is 2. The molecule has 206 valence electrons. The van der Waals surface area contributed by atoms with E-state index in [0.29, 0.717) is 0 Å². The molecule has 0 spiro atoms. The maximum absolute atomic E-state index is 12.6. The van der Waals surface area contributed by atoms with Gasteiger partial charge >= 0.3 is 0 Å². The molecule has 6 aromatic carbocycles. The summed E-state index contributed by atoms with van der Waals surface area (Å²) < 4.78 is 0. The molecule has 7 aromatic rings. The lowest BCUT2D eigenvalue weighted by Crippen LogP contribution is -2.28. The van der Waals surface area contributed by atoms with E-state index in [1.807, 2.05) is 72.8 Å². The third-order valence-corrected chi connectivity index (χ3v) is 9.32. The number of fused-ring (bicyclic) bond motifs is 7. The van der Waals surface area contributed by atoms with Gasteiger partial charge in [-0.3, -0.25) is 0 Å². The number of pyridine rings is 1. The lowest BCUT2D eigenvalue weighted by atomic mass is 9.78. The highest BCUT2D eigenvalue weighted by Gasteiger charge is 2.38. The predicted octanol–water partition coefficient (Wildman–Crippen LogP) is 9.65. The monoisotopic (exact) mass is 553 g/mol. The molecule has 0 saturated heterocycles. The molecule has 1 N–H and O–H groups in total. The van der Waals surface area contributed by atoms with Crippen LogP contribution in [0.2, 0.25) is 0 Å². The number of para-hydroxylation sites is 1. The second-order valence-corrected chi connectivity index (χ2v) is 12.1. The molecule has 0 fully saturated rings. The van der Waals surface area contributed by atoms with Crippen molar-refractivity contribution in [3.63, 3.8) is 0 Å². The Labute approximate surface area is 251 Å². The van der Waals surface area contributed by atoms with Gasteiger partial charge in [-0.15, -0.1) is 0 Å². The van der Waals surface area contributed by atoms with Gasteiger partial charge in [-0.1, -0.05) is 147 Å². The molecule has 0 amide bonds. The Hall–Kier alpha value is -5.05. The Kier molecular flexibility index (Phi) is 5.66. The quantitative estimate of drug-likeness (QED) is 0.174. The van der Waals surface area contributed by atoms with Crippen molar-refractivity contribution in [1.82, 2.24) is 4.98 Å². The number of rotatable bonds is 4. The van der Waals surface area contributed by atoms with Gasteiger partial charge < -0.3 is 5.11 Å².